The Labute approximate surface area is 192 Å². The maximum absolute atomic E-state index is 13.1. The monoisotopic (exact) mass is 461 g/mol. The summed E-state index contributed by atoms with van der Waals surface area (Å²) in [6.45, 7) is 1.89. The lowest BCUT2D eigenvalue weighted by atomic mass is 10.2. The zero-order chi connectivity index (χ0) is 23.4. The quantitative estimate of drug-likeness (QED) is 0.192. The summed E-state index contributed by atoms with van der Waals surface area (Å²) in [5.74, 6) is -0.395. The van der Waals surface area contributed by atoms with Crippen LogP contribution >= 0.6 is 11.8 Å². The first-order valence-electron chi connectivity index (χ1n) is 9.98. The zero-order valence-corrected chi connectivity index (χ0v) is 18.4. The Morgan fingerprint density at radius 2 is 2.00 bits per heavy atom. The first kappa shape index (κ1) is 22.2. The van der Waals surface area contributed by atoms with Gasteiger partial charge >= 0.3 is 0 Å². The number of para-hydroxylation sites is 1. The van der Waals surface area contributed by atoms with Gasteiger partial charge in [0.2, 0.25) is 5.91 Å². The molecule has 166 valence electrons. The van der Waals surface area contributed by atoms with Crippen LogP contribution in [0, 0.1) is 17.0 Å². The van der Waals surface area contributed by atoms with E-state index in [2.05, 4.69) is 15.3 Å². The second-order valence-corrected chi connectivity index (χ2v) is 8.20. The van der Waals surface area contributed by atoms with Crippen LogP contribution < -0.4 is 10.9 Å². The van der Waals surface area contributed by atoms with Crippen LogP contribution in [0.3, 0.4) is 0 Å². The van der Waals surface area contributed by atoms with Crippen LogP contribution in [0.15, 0.2) is 76.9 Å². The molecule has 0 saturated heterocycles. The van der Waals surface area contributed by atoms with E-state index >= 15 is 0 Å². The number of thioether (sulfide) groups is 1. The Morgan fingerprint density at radius 3 is 2.76 bits per heavy atom. The predicted octanol–water partition coefficient (Wildman–Crippen LogP) is 3.79. The molecule has 0 aliphatic carbocycles. The molecule has 10 heteroatoms. The molecule has 0 unspecified atom stereocenters. The van der Waals surface area contributed by atoms with Gasteiger partial charge in [-0.1, -0.05) is 36.0 Å². The van der Waals surface area contributed by atoms with E-state index in [0.29, 0.717) is 27.3 Å². The van der Waals surface area contributed by atoms with Gasteiger partial charge < -0.3 is 5.32 Å². The van der Waals surface area contributed by atoms with Crippen molar-refractivity contribution < 1.29 is 9.72 Å². The maximum atomic E-state index is 13.1. The summed E-state index contributed by atoms with van der Waals surface area (Å²) >= 11 is 1.12. The molecule has 0 saturated carbocycles. The summed E-state index contributed by atoms with van der Waals surface area (Å²) in [7, 11) is 0. The highest BCUT2D eigenvalue weighted by molar-refractivity contribution is 7.99. The number of nitro groups is 1. The molecule has 0 aliphatic rings. The molecule has 0 spiro atoms. The van der Waals surface area contributed by atoms with Gasteiger partial charge in [0, 0.05) is 29.7 Å². The average molecular weight is 462 g/mol. The summed E-state index contributed by atoms with van der Waals surface area (Å²) < 4.78 is 1.52. The highest BCUT2D eigenvalue weighted by Gasteiger charge is 2.15. The Morgan fingerprint density at radius 1 is 1.18 bits per heavy atom. The fraction of sp³-hybridized carbons (Fsp3) is 0.130. The number of nitro benzene ring substituents is 1. The van der Waals surface area contributed by atoms with E-state index in [-0.39, 0.29) is 29.5 Å². The summed E-state index contributed by atoms with van der Waals surface area (Å²) in [5, 5.41) is 14.7. The Hall–Kier alpha value is -4.05. The van der Waals surface area contributed by atoms with Gasteiger partial charge in [0.05, 0.1) is 28.1 Å². The molecule has 2 heterocycles. The van der Waals surface area contributed by atoms with Gasteiger partial charge in [-0.15, -0.1) is 0 Å². The Bertz CT molecular complexity index is 1410. The molecule has 2 aromatic heterocycles. The first-order valence-corrected chi connectivity index (χ1v) is 11.0. The fourth-order valence-electron chi connectivity index (χ4n) is 3.28. The van der Waals surface area contributed by atoms with E-state index in [1.54, 1.807) is 61.8 Å². The number of hydrogen-bond acceptors (Lipinski definition) is 7. The molecular weight excluding hydrogens is 442 g/mol. The van der Waals surface area contributed by atoms with Gasteiger partial charge in [-0.2, -0.15) is 0 Å². The fourth-order valence-corrected chi connectivity index (χ4v) is 4.08. The first-order chi connectivity index (χ1) is 15.9. The topological polar surface area (TPSA) is 120 Å². The number of aryl methyl sites for hydroxylation is 1. The molecule has 0 radical (unpaired) electrons. The lowest BCUT2D eigenvalue weighted by Gasteiger charge is -2.13. The SMILES string of the molecule is Cc1ccc(NC(=O)CSc2nc3ccccc3c(=O)n2Cc2cccnc2)cc1[N+](=O)[O-]. The molecule has 0 aliphatic heterocycles. The van der Waals surface area contributed by atoms with Crippen LogP contribution in [-0.2, 0) is 11.3 Å². The molecule has 2 aromatic carbocycles. The van der Waals surface area contributed by atoms with Crippen molar-refractivity contribution in [2.24, 2.45) is 0 Å². The van der Waals surface area contributed by atoms with E-state index < -0.39 is 4.92 Å². The van der Waals surface area contributed by atoms with E-state index in [1.165, 1.54) is 10.6 Å². The van der Waals surface area contributed by atoms with E-state index in [1.807, 2.05) is 6.07 Å². The Kier molecular flexibility index (Phi) is 6.45. The third kappa shape index (κ3) is 5.07. The molecule has 1 amide bonds. The maximum Gasteiger partial charge on any atom is 0.274 e. The predicted molar refractivity (Wildman–Crippen MR) is 127 cm³/mol. The van der Waals surface area contributed by atoms with Crippen molar-refractivity contribution in [1.82, 2.24) is 14.5 Å². The number of rotatable bonds is 7. The summed E-state index contributed by atoms with van der Waals surface area (Å²) in [6.07, 6.45) is 3.33. The van der Waals surface area contributed by atoms with Gasteiger partial charge in [-0.3, -0.25) is 29.3 Å². The molecule has 4 aromatic rings. The molecule has 1 N–H and O–H groups in total. The number of benzene rings is 2. The molecule has 4 rings (SSSR count). The number of aromatic nitrogens is 3. The minimum atomic E-state index is -0.490. The number of pyridine rings is 1. The van der Waals surface area contributed by atoms with Crippen LogP contribution in [0.4, 0.5) is 11.4 Å². The van der Waals surface area contributed by atoms with Crippen LogP contribution in [-0.4, -0.2) is 31.1 Å². The molecular formula is C23H19N5O4S. The zero-order valence-electron chi connectivity index (χ0n) is 17.6. The number of carbonyl (C=O) groups excluding carboxylic acids is 1. The van der Waals surface area contributed by atoms with Crippen molar-refractivity contribution in [2.75, 3.05) is 11.1 Å². The number of amides is 1. The summed E-state index contributed by atoms with van der Waals surface area (Å²) in [4.78, 5) is 45.0. The van der Waals surface area contributed by atoms with Gasteiger partial charge in [0.1, 0.15) is 0 Å². The van der Waals surface area contributed by atoms with E-state index in [9.17, 15) is 19.7 Å². The molecule has 0 fully saturated rings. The number of hydrogen-bond donors (Lipinski definition) is 1. The molecule has 9 nitrogen and oxygen atoms in total. The highest BCUT2D eigenvalue weighted by atomic mass is 32.2. The van der Waals surface area contributed by atoms with Crippen molar-refractivity contribution in [3.05, 3.63) is 98.6 Å². The van der Waals surface area contributed by atoms with Gasteiger partial charge in [-0.25, -0.2) is 4.98 Å². The third-order valence-corrected chi connectivity index (χ3v) is 5.89. The van der Waals surface area contributed by atoms with Crippen molar-refractivity contribution in [1.29, 1.82) is 0 Å². The normalized spacial score (nSPS) is 10.8. The minimum Gasteiger partial charge on any atom is -0.325 e. The van der Waals surface area contributed by atoms with Gasteiger partial charge in [-0.05, 0) is 36.8 Å². The number of nitrogens with zero attached hydrogens (tertiary/aromatic N) is 4. The van der Waals surface area contributed by atoms with Crippen LogP contribution in [0.2, 0.25) is 0 Å². The second kappa shape index (κ2) is 9.61. The molecule has 0 bridgehead atoms. The van der Waals surface area contributed by atoms with Crippen molar-refractivity contribution in [2.45, 2.75) is 18.6 Å². The van der Waals surface area contributed by atoms with Crippen LogP contribution in [0.5, 0.6) is 0 Å². The molecule has 0 atom stereocenters. The smallest absolute Gasteiger partial charge is 0.274 e. The number of carbonyl (C=O) groups is 1. The van der Waals surface area contributed by atoms with Gasteiger partial charge in [0.25, 0.3) is 11.2 Å². The van der Waals surface area contributed by atoms with Crippen molar-refractivity contribution in [3.8, 4) is 0 Å². The lowest BCUT2D eigenvalue weighted by molar-refractivity contribution is -0.385. The van der Waals surface area contributed by atoms with Crippen LogP contribution in [0.1, 0.15) is 11.1 Å². The number of fused-ring (bicyclic) bond motifs is 1. The second-order valence-electron chi connectivity index (χ2n) is 7.26. The number of nitrogens with one attached hydrogen (secondary N) is 1. The minimum absolute atomic E-state index is 0.0283. The largest absolute Gasteiger partial charge is 0.325 e. The lowest BCUT2D eigenvalue weighted by Crippen LogP contribution is -2.25. The van der Waals surface area contributed by atoms with E-state index in [0.717, 1.165) is 17.3 Å². The standard InChI is InChI=1S/C23H19N5O4S/c1-15-8-9-17(11-20(15)28(31)32)25-21(29)14-33-23-26-19-7-3-2-6-18(19)22(30)27(23)13-16-5-4-10-24-12-16/h2-12H,13-14H2,1H3,(H,25,29). The van der Waals surface area contributed by atoms with Gasteiger partial charge in [0.15, 0.2) is 5.16 Å². The highest BCUT2D eigenvalue weighted by Crippen LogP contribution is 2.23. The molecule has 33 heavy (non-hydrogen) atoms. The summed E-state index contributed by atoms with van der Waals surface area (Å²) in [5.41, 5.74) is 1.93. The average Bonchev–Trinajstić information content (AvgIpc) is 2.81. The van der Waals surface area contributed by atoms with Crippen LogP contribution in [0.25, 0.3) is 10.9 Å². The summed E-state index contributed by atoms with van der Waals surface area (Å²) in [6, 6.07) is 15.2. The van der Waals surface area contributed by atoms with Crippen molar-refractivity contribution in [3.63, 3.8) is 0 Å². The number of anilines is 1. The third-order valence-electron chi connectivity index (χ3n) is 4.91. The van der Waals surface area contributed by atoms with E-state index in [4.69, 9.17) is 0 Å². The Balaban J connectivity index is 1.58. The van der Waals surface area contributed by atoms with Crippen molar-refractivity contribution >= 4 is 39.9 Å².